The summed E-state index contributed by atoms with van der Waals surface area (Å²) in [7, 11) is 1.46. The lowest BCUT2D eigenvalue weighted by Gasteiger charge is -2.27. The van der Waals surface area contributed by atoms with Crippen LogP contribution in [0.3, 0.4) is 0 Å². The maximum atomic E-state index is 11.8. The van der Waals surface area contributed by atoms with Gasteiger partial charge in [-0.25, -0.2) is 0 Å². The number of methoxy groups -OCH3 is 1. The van der Waals surface area contributed by atoms with Crippen molar-refractivity contribution in [1.82, 2.24) is 4.90 Å². The van der Waals surface area contributed by atoms with E-state index in [9.17, 15) is 9.59 Å². The van der Waals surface area contributed by atoms with E-state index in [-0.39, 0.29) is 18.5 Å². The first-order valence-corrected chi connectivity index (χ1v) is 5.42. The molecule has 0 aromatic carbocycles. The molecule has 1 atom stereocenters. The lowest BCUT2D eigenvalue weighted by Crippen LogP contribution is -2.46. The summed E-state index contributed by atoms with van der Waals surface area (Å²) in [4.78, 5) is 24.6. The molecule has 0 aromatic rings. The van der Waals surface area contributed by atoms with Crippen LogP contribution in [0, 0.1) is 0 Å². The first-order valence-electron chi connectivity index (χ1n) is 5.42. The molecule has 1 amide bonds. The molecule has 0 aromatic heterocycles. The number of rotatable bonds is 6. The van der Waals surface area contributed by atoms with Gasteiger partial charge in [0.15, 0.2) is 0 Å². The second-order valence-electron chi connectivity index (χ2n) is 3.74. The average Bonchev–Trinajstić information content (AvgIpc) is 2.23. The van der Waals surface area contributed by atoms with Crippen LogP contribution in [-0.2, 0) is 19.1 Å². The van der Waals surface area contributed by atoms with Gasteiger partial charge < -0.3 is 14.4 Å². The first kappa shape index (κ1) is 14.9. The molecule has 5 heteroatoms. The Morgan fingerprint density at radius 1 is 1.25 bits per heavy atom. The number of hydrogen-bond acceptors (Lipinski definition) is 4. The smallest absolute Gasteiger partial charge is 0.325 e. The van der Waals surface area contributed by atoms with Crippen molar-refractivity contribution in [2.75, 3.05) is 20.3 Å². The first-order chi connectivity index (χ1) is 7.43. The maximum Gasteiger partial charge on any atom is 0.325 e. The minimum absolute atomic E-state index is 0.0297. The van der Waals surface area contributed by atoms with E-state index in [1.54, 1.807) is 13.8 Å². The minimum atomic E-state index is -0.545. The molecule has 0 aliphatic carbocycles. The highest BCUT2D eigenvalue weighted by Crippen LogP contribution is 2.04. The molecule has 0 saturated carbocycles. The summed E-state index contributed by atoms with van der Waals surface area (Å²) >= 11 is 0. The largest absolute Gasteiger partial charge is 0.465 e. The molecule has 0 rings (SSSR count). The lowest BCUT2D eigenvalue weighted by molar-refractivity contribution is -0.153. The Balaban J connectivity index is 4.50. The van der Waals surface area contributed by atoms with Gasteiger partial charge in [-0.3, -0.25) is 9.59 Å². The van der Waals surface area contributed by atoms with E-state index in [0.717, 1.165) is 0 Å². The van der Waals surface area contributed by atoms with Crippen LogP contribution < -0.4 is 0 Å². The van der Waals surface area contributed by atoms with Crippen molar-refractivity contribution >= 4 is 11.9 Å². The summed E-state index contributed by atoms with van der Waals surface area (Å²) in [6.45, 7) is 7.37. The van der Waals surface area contributed by atoms with E-state index in [4.69, 9.17) is 9.47 Å². The van der Waals surface area contributed by atoms with Gasteiger partial charge in [0.05, 0.1) is 6.61 Å². The molecule has 16 heavy (non-hydrogen) atoms. The quantitative estimate of drug-likeness (QED) is 0.635. The molecule has 94 valence electrons. The third kappa shape index (κ3) is 4.61. The van der Waals surface area contributed by atoms with Crippen LogP contribution in [-0.4, -0.2) is 49.2 Å². The average molecular weight is 231 g/mol. The van der Waals surface area contributed by atoms with Crippen LogP contribution in [0.1, 0.15) is 27.7 Å². The van der Waals surface area contributed by atoms with Crippen LogP contribution in [0.5, 0.6) is 0 Å². The van der Waals surface area contributed by atoms with E-state index in [2.05, 4.69) is 0 Å². The Labute approximate surface area is 96.7 Å². The molecule has 0 bridgehead atoms. The molecule has 0 spiro atoms. The van der Waals surface area contributed by atoms with E-state index in [1.165, 1.54) is 12.0 Å². The highest BCUT2D eigenvalue weighted by Gasteiger charge is 2.25. The van der Waals surface area contributed by atoms with Crippen LogP contribution in [0.15, 0.2) is 0 Å². The predicted molar refractivity (Wildman–Crippen MR) is 60.0 cm³/mol. The van der Waals surface area contributed by atoms with Crippen molar-refractivity contribution in [3.8, 4) is 0 Å². The van der Waals surface area contributed by atoms with Crippen LogP contribution in [0.2, 0.25) is 0 Å². The molecule has 5 nitrogen and oxygen atoms in total. The van der Waals surface area contributed by atoms with Crippen molar-refractivity contribution in [2.45, 2.75) is 39.8 Å². The maximum absolute atomic E-state index is 11.8. The zero-order valence-corrected chi connectivity index (χ0v) is 10.6. The number of nitrogens with zero attached hydrogens (tertiary/aromatic N) is 1. The molecule has 0 N–H and O–H groups in total. The summed E-state index contributed by atoms with van der Waals surface area (Å²) in [6.07, 6.45) is -0.545. The van der Waals surface area contributed by atoms with Gasteiger partial charge in [-0.1, -0.05) is 0 Å². The highest BCUT2D eigenvalue weighted by molar-refractivity contribution is 5.85. The van der Waals surface area contributed by atoms with Gasteiger partial charge in [-0.05, 0) is 27.7 Å². The van der Waals surface area contributed by atoms with Gasteiger partial charge in [0, 0.05) is 13.2 Å². The lowest BCUT2D eigenvalue weighted by atomic mass is 10.2. The molecule has 0 saturated heterocycles. The van der Waals surface area contributed by atoms with E-state index in [1.807, 2.05) is 13.8 Å². The van der Waals surface area contributed by atoms with Gasteiger partial charge in [0.1, 0.15) is 12.6 Å². The fraction of sp³-hybridized carbons (Fsp3) is 0.818. The standard InChI is InChI=1S/C11H21NO4/c1-6-16-10(13)7-12(8(2)3)11(14)9(4)15-5/h8-9H,6-7H2,1-5H3. The number of hydrogen-bond donors (Lipinski definition) is 0. The number of carbonyl (C=O) groups is 2. The SMILES string of the molecule is CCOC(=O)CN(C(=O)C(C)OC)C(C)C. The van der Waals surface area contributed by atoms with Crippen LogP contribution in [0.25, 0.3) is 0 Å². The topological polar surface area (TPSA) is 55.8 Å². The molecule has 0 aliphatic rings. The summed E-state index contributed by atoms with van der Waals surface area (Å²) in [5, 5.41) is 0. The third-order valence-corrected chi connectivity index (χ3v) is 2.21. The van der Waals surface area contributed by atoms with Gasteiger partial charge in [0.25, 0.3) is 5.91 Å². The second kappa shape index (κ2) is 7.22. The number of ether oxygens (including phenoxy) is 2. The highest BCUT2D eigenvalue weighted by atomic mass is 16.5. The van der Waals surface area contributed by atoms with Crippen molar-refractivity contribution < 1.29 is 19.1 Å². The second-order valence-corrected chi connectivity index (χ2v) is 3.74. The fourth-order valence-electron chi connectivity index (χ4n) is 1.20. The predicted octanol–water partition coefficient (Wildman–Crippen LogP) is 0.821. The summed E-state index contributed by atoms with van der Waals surface area (Å²) in [5.41, 5.74) is 0. The minimum Gasteiger partial charge on any atom is -0.465 e. The monoisotopic (exact) mass is 231 g/mol. The van der Waals surface area contributed by atoms with Gasteiger partial charge >= 0.3 is 5.97 Å². The van der Waals surface area contributed by atoms with E-state index >= 15 is 0 Å². The Morgan fingerprint density at radius 3 is 2.19 bits per heavy atom. The Bertz CT molecular complexity index is 240. The summed E-state index contributed by atoms with van der Waals surface area (Å²) < 4.78 is 9.75. The number of carbonyl (C=O) groups excluding carboxylic acids is 2. The van der Waals surface area contributed by atoms with Gasteiger partial charge in [0.2, 0.25) is 0 Å². The molecular weight excluding hydrogens is 210 g/mol. The van der Waals surface area contributed by atoms with Crippen LogP contribution >= 0.6 is 0 Å². The molecule has 0 aliphatic heterocycles. The molecule has 0 heterocycles. The number of esters is 1. The Hall–Kier alpha value is -1.10. The Kier molecular flexibility index (Phi) is 6.72. The fourth-order valence-corrected chi connectivity index (χ4v) is 1.20. The molecule has 0 radical (unpaired) electrons. The summed E-state index contributed by atoms with van der Waals surface area (Å²) in [6, 6.07) is -0.0606. The summed E-state index contributed by atoms with van der Waals surface area (Å²) in [5.74, 6) is -0.599. The van der Waals surface area contributed by atoms with Gasteiger partial charge in [-0.15, -0.1) is 0 Å². The molecular formula is C11H21NO4. The Morgan fingerprint density at radius 2 is 1.81 bits per heavy atom. The van der Waals surface area contributed by atoms with E-state index < -0.39 is 12.1 Å². The zero-order valence-electron chi connectivity index (χ0n) is 10.6. The van der Waals surface area contributed by atoms with Crippen molar-refractivity contribution in [3.63, 3.8) is 0 Å². The molecule has 0 fully saturated rings. The third-order valence-electron chi connectivity index (χ3n) is 2.21. The zero-order chi connectivity index (χ0) is 12.7. The van der Waals surface area contributed by atoms with Crippen LogP contribution in [0.4, 0.5) is 0 Å². The normalized spacial score (nSPS) is 12.4. The van der Waals surface area contributed by atoms with Crippen molar-refractivity contribution in [1.29, 1.82) is 0 Å². The van der Waals surface area contributed by atoms with Crippen molar-refractivity contribution in [2.24, 2.45) is 0 Å². The van der Waals surface area contributed by atoms with E-state index in [0.29, 0.717) is 6.61 Å². The van der Waals surface area contributed by atoms with Gasteiger partial charge in [-0.2, -0.15) is 0 Å². The number of amides is 1. The molecule has 1 unspecified atom stereocenters. The van der Waals surface area contributed by atoms with Crippen molar-refractivity contribution in [3.05, 3.63) is 0 Å².